The lowest BCUT2D eigenvalue weighted by molar-refractivity contribution is -0.142. The van der Waals surface area contributed by atoms with Crippen LogP contribution in [-0.4, -0.2) is 24.0 Å². The molecule has 2 atom stereocenters. The van der Waals surface area contributed by atoms with Crippen molar-refractivity contribution < 1.29 is 49.0 Å². The number of hydrogen-bond donors (Lipinski definition) is 0. The number of carbonyl (C=O) groups is 1. The third-order valence-electron chi connectivity index (χ3n) is 6.78. The van der Waals surface area contributed by atoms with Crippen molar-refractivity contribution in [3.8, 4) is 0 Å². The second-order valence-electron chi connectivity index (χ2n) is 9.48. The average Bonchev–Trinajstić information content (AvgIpc) is 2.86. The minimum absolute atomic E-state index is 0.0507. The fraction of sp³-hybridized carbons (Fsp3) is 0.464. The van der Waals surface area contributed by atoms with Crippen molar-refractivity contribution in [1.29, 1.82) is 0 Å². The van der Waals surface area contributed by atoms with Crippen LogP contribution in [0.1, 0.15) is 79.4 Å². The van der Waals surface area contributed by atoms with E-state index in [-0.39, 0.29) is 32.4 Å². The molecule has 0 aromatic heterocycles. The summed E-state index contributed by atoms with van der Waals surface area (Å²) in [6, 6.07) is 3.46. The first-order chi connectivity index (χ1) is 18.6. The van der Waals surface area contributed by atoms with E-state index in [0.717, 1.165) is 12.1 Å². The Morgan fingerprint density at radius 3 is 2.05 bits per heavy atom. The molecule has 0 bridgehead atoms. The summed E-state index contributed by atoms with van der Waals surface area (Å²) in [5.41, 5.74) is -3.04. The van der Waals surface area contributed by atoms with E-state index < -0.39 is 58.8 Å². The van der Waals surface area contributed by atoms with Gasteiger partial charge in [0.1, 0.15) is 0 Å². The van der Waals surface area contributed by atoms with Gasteiger partial charge in [0.15, 0.2) is 0 Å². The number of esters is 1. The normalized spacial score (nSPS) is 19.1. The Bertz CT molecular complexity index is 1200. The topological polar surface area (TPSA) is 29.5 Å². The van der Waals surface area contributed by atoms with Gasteiger partial charge >= 0.3 is 24.5 Å². The predicted molar refractivity (Wildman–Crippen MR) is 129 cm³/mol. The monoisotopic (exact) mass is 581 g/mol. The van der Waals surface area contributed by atoms with Crippen molar-refractivity contribution in [3.63, 3.8) is 0 Å². The van der Waals surface area contributed by atoms with Crippen molar-refractivity contribution >= 4 is 5.97 Å². The lowest BCUT2D eigenvalue weighted by atomic mass is 9.85. The van der Waals surface area contributed by atoms with Gasteiger partial charge in [-0.1, -0.05) is 31.1 Å². The minimum atomic E-state index is -4.94. The lowest BCUT2D eigenvalue weighted by Crippen LogP contribution is -2.38. The van der Waals surface area contributed by atoms with Crippen LogP contribution in [0, 0.1) is 0 Å². The van der Waals surface area contributed by atoms with Gasteiger partial charge < -0.3 is 4.74 Å². The highest BCUT2D eigenvalue weighted by atomic mass is 19.4. The molecular weight excluding hydrogens is 553 g/mol. The summed E-state index contributed by atoms with van der Waals surface area (Å²) in [4.78, 5) is 13.7. The standard InChI is InChI=1S/C28H28F9NO2/c1-3-5-23(21-16-20(27(32,33)34)10-11-22(21)28(35,36)37)38-13-12-17(15-25(39)40-4-2)14-24(38)18-6-8-19(9-7-18)26(29,30)31/h6-11,15-16,23-24H,3-5,12-14H2,1-2H3. The highest BCUT2D eigenvalue weighted by Crippen LogP contribution is 2.46. The quantitative estimate of drug-likeness (QED) is 0.186. The number of nitrogens with zero attached hydrogens (tertiary/aromatic N) is 1. The summed E-state index contributed by atoms with van der Waals surface area (Å²) in [7, 11) is 0. The molecule has 3 nitrogen and oxygen atoms in total. The van der Waals surface area contributed by atoms with Gasteiger partial charge in [0.05, 0.1) is 23.3 Å². The molecule has 2 aromatic carbocycles. The molecule has 2 unspecified atom stereocenters. The third-order valence-corrected chi connectivity index (χ3v) is 6.78. The van der Waals surface area contributed by atoms with E-state index in [1.807, 2.05) is 0 Å². The summed E-state index contributed by atoms with van der Waals surface area (Å²) in [5, 5.41) is 0. The number of alkyl halides is 9. The fourth-order valence-electron chi connectivity index (χ4n) is 5.00. The van der Waals surface area contributed by atoms with Gasteiger partial charge in [0.25, 0.3) is 0 Å². The first kappa shape index (κ1) is 31.5. The summed E-state index contributed by atoms with van der Waals surface area (Å²) >= 11 is 0. The van der Waals surface area contributed by atoms with Gasteiger partial charge in [-0.3, -0.25) is 4.90 Å². The van der Waals surface area contributed by atoms with Crippen molar-refractivity contribution in [2.45, 2.75) is 70.1 Å². The fourth-order valence-corrected chi connectivity index (χ4v) is 5.00. The molecule has 220 valence electrons. The van der Waals surface area contributed by atoms with E-state index in [4.69, 9.17) is 4.74 Å². The predicted octanol–water partition coefficient (Wildman–Crippen LogP) is 8.91. The maximum absolute atomic E-state index is 14.0. The van der Waals surface area contributed by atoms with Gasteiger partial charge in [0.2, 0.25) is 0 Å². The highest BCUT2D eigenvalue weighted by molar-refractivity contribution is 5.82. The molecule has 40 heavy (non-hydrogen) atoms. The van der Waals surface area contributed by atoms with E-state index in [1.54, 1.807) is 18.7 Å². The first-order valence-corrected chi connectivity index (χ1v) is 12.6. The van der Waals surface area contributed by atoms with E-state index in [1.165, 1.54) is 18.2 Å². The Balaban J connectivity index is 2.16. The zero-order chi connectivity index (χ0) is 29.9. The SMILES string of the molecule is CCCC(c1cc(C(F)(F)F)ccc1C(F)(F)F)N1CCC(=CC(=O)OCC)CC1c1ccc(C(F)(F)F)cc1. The number of ether oxygens (including phenoxy) is 1. The molecule has 1 fully saturated rings. The number of benzene rings is 2. The van der Waals surface area contributed by atoms with E-state index in [9.17, 15) is 44.3 Å². The van der Waals surface area contributed by atoms with Gasteiger partial charge in [-0.25, -0.2) is 4.79 Å². The van der Waals surface area contributed by atoms with Crippen LogP contribution in [0.2, 0.25) is 0 Å². The summed E-state index contributed by atoms with van der Waals surface area (Å²) < 4.78 is 127. The van der Waals surface area contributed by atoms with Crippen molar-refractivity contribution in [2.24, 2.45) is 0 Å². The van der Waals surface area contributed by atoms with Crippen molar-refractivity contribution in [1.82, 2.24) is 4.90 Å². The van der Waals surface area contributed by atoms with Gasteiger partial charge in [-0.15, -0.1) is 0 Å². The summed E-state index contributed by atoms with van der Waals surface area (Å²) in [6.07, 6.45) is -12.6. The molecule has 0 N–H and O–H groups in total. The number of hydrogen-bond acceptors (Lipinski definition) is 3. The molecule has 2 aromatic rings. The lowest BCUT2D eigenvalue weighted by Gasteiger charge is -2.43. The largest absolute Gasteiger partial charge is 0.463 e. The van der Waals surface area contributed by atoms with Crippen LogP contribution >= 0.6 is 0 Å². The molecule has 3 rings (SSSR count). The Kier molecular flexibility index (Phi) is 9.64. The molecule has 12 heteroatoms. The molecular formula is C28H28F9NO2. The van der Waals surface area contributed by atoms with E-state index in [0.29, 0.717) is 35.8 Å². The van der Waals surface area contributed by atoms with Crippen LogP contribution < -0.4 is 0 Å². The molecule has 1 aliphatic heterocycles. The van der Waals surface area contributed by atoms with E-state index in [2.05, 4.69) is 0 Å². The van der Waals surface area contributed by atoms with Crippen LogP contribution in [0.5, 0.6) is 0 Å². The maximum atomic E-state index is 14.0. The molecule has 1 aliphatic rings. The maximum Gasteiger partial charge on any atom is 0.416 e. The van der Waals surface area contributed by atoms with Gasteiger partial charge in [-0.05, 0) is 67.6 Å². The molecule has 1 heterocycles. The van der Waals surface area contributed by atoms with E-state index >= 15 is 0 Å². The molecule has 0 spiro atoms. The number of likely N-dealkylation sites (tertiary alicyclic amines) is 1. The number of carbonyl (C=O) groups excluding carboxylic acids is 1. The number of rotatable bonds is 7. The summed E-state index contributed by atoms with van der Waals surface area (Å²) in [6.45, 7) is 3.43. The molecule has 1 saturated heterocycles. The molecule has 0 amide bonds. The smallest absolute Gasteiger partial charge is 0.416 e. The Morgan fingerprint density at radius 2 is 1.52 bits per heavy atom. The van der Waals surface area contributed by atoms with Crippen LogP contribution in [0.3, 0.4) is 0 Å². The Hall–Kier alpha value is -3.02. The second-order valence-corrected chi connectivity index (χ2v) is 9.48. The second kappa shape index (κ2) is 12.2. The van der Waals surface area contributed by atoms with Crippen molar-refractivity contribution in [3.05, 3.63) is 81.9 Å². The van der Waals surface area contributed by atoms with Crippen LogP contribution in [0.25, 0.3) is 0 Å². The first-order valence-electron chi connectivity index (χ1n) is 12.6. The zero-order valence-corrected chi connectivity index (χ0v) is 21.7. The Labute approximate surface area is 225 Å². The van der Waals surface area contributed by atoms with Crippen LogP contribution in [-0.2, 0) is 28.1 Å². The average molecular weight is 582 g/mol. The third kappa shape index (κ3) is 7.58. The van der Waals surface area contributed by atoms with Gasteiger partial charge in [-0.2, -0.15) is 39.5 Å². The van der Waals surface area contributed by atoms with Crippen LogP contribution in [0.15, 0.2) is 54.1 Å². The highest BCUT2D eigenvalue weighted by Gasteiger charge is 2.42. The molecule has 0 radical (unpaired) electrons. The zero-order valence-electron chi connectivity index (χ0n) is 21.7. The molecule has 0 aliphatic carbocycles. The number of halogens is 9. The summed E-state index contributed by atoms with van der Waals surface area (Å²) in [5.74, 6) is -0.639. The Morgan fingerprint density at radius 1 is 0.925 bits per heavy atom. The minimum Gasteiger partial charge on any atom is -0.463 e. The van der Waals surface area contributed by atoms with Gasteiger partial charge in [0, 0.05) is 24.7 Å². The number of piperidine rings is 1. The van der Waals surface area contributed by atoms with Crippen molar-refractivity contribution in [2.75, 3.05) is 13.2 Å². The molecule has 0 saturated carbocycles. The van der Waals surface area contributed by atoms with Crippen LogP contribution in [0.4, 0.5) is 39.5 Å².